The lowest BCUT2D eigenvalue weighted by Gasteiger charge is -2.46. The van der Waals surface area contributed by atoms with E-state index in [0.29, 0.717) is 13.0 Å². The van der Waals surface area contributed by atoms with Gasteiger partial charge in [0.15, 0.2) is 0 Å². The summed E-state index contributed by atoms with van der Waals surface area (Å²) in [6, 6.07) is 14.7. The van der Waals surface area contributed by atoms with Crippen LogP contribution < -0.4 is 0 Å². The van der Waals surface area contributed by atoms with E-state index in [4.69, 9.17) is 9.47 Å². The Balaban J connectivity index is 1.78. The van der Waals surface area contributed by atoms with Gasteiger partial charge in [0.1, 0.15) is 6.29 Å². The smallest absolute Gasteiger partial charge is 0.120 e. The lowest BCUT2D eigenvalue weighted by atomic mass is 9.67. The van der Waals surface area contributed by atoms with Crippen LogP contribution >= 0.6 is 0 Å². The standard InChI is InChI=1S/C22H28O3/c1-22(2)13-11-20(19(12-14-23)21(22)24-3)25-15-17-9-6-8-16-7-4-5-10-18(16)17/h4-10,14,19-21H,11-13,15H2,1-3H3/t19-,20-,21-/m1/s1. The zero-order chi connectivity index (χ0) is 17.9. The molecule has 2 aromatic carbocycles. The van der Waals surface area contributed by atoms with Gasteiger partial charge in [-0.1, -0.05) is 56.3 Å². The molecule has 0 spiro atoms. The van der Waals surface area contributed by atoms with Crippen LogP contribution in [0.4, 0.5) is 0 Å². The van der Waals surface area contributed by atoms with Gasteiger partial charge in [0, 0.05) is 19.4 Å². The van der Waals surface area contributed by atoms with Crippen LogP contribution in [-0.2, 0) is 20.9 Å². The van der Waals surface area contributed by atoms with Gasteiger partial charge >= 0.3 is 0 Å². The Morgan fingerprint density at radius 3 is 2.68 bits per heavy atom. The molecule has 0 radical (unpaired) electrons. The molecular weight excluding hydrogens is 312 g/mol. The van der Waals surface area contributed by atoms with Crippen molar-refractivity contribution in [2.75, 3.05) is 7.11 Å². The van der Waals surface area contributed by atoms with Gasteiger partial charge in [-0.2, -0.15) is 0 Å². The molecule has 0 aliphatic heterocycles. The fourth-order valence-electron chi connectivity index (χ4n) is 4.35. The number of hydrogen-bond donors (Lipinski definition) is 0. The normalized spacial score (nSPS) is 25.8. The fourth-order valence-corrected chi connectivity index (χ4v) is 4.35. The molecule has 0 aromatic heterocycles. The highest BCUT2D eigenvalue weighted by molar-refractivity contribution is 5.85. The minimum Gasteiger partial charge on any atom is -0.380 e. The molecule has 0 amide bonds. The van der Waals surface area contributed by atoms with Gasteiger partial charge in [-0.3, -0.25) is 0 Å². The number of methoxy groups -OCH3 is 1. The predicted octanol–water partition coefficient (Wildman–Crippen LogP) is 4.77. The topological polar surface area (TPSA) is 35.5 Å². The summed E-state index contributed by atoms with van der Waals surface area (Å²) in [6.45, 7) is 5.01. The molecule has 2 aromatic rings. The van der Waals surface area contributed by atoms with Crippen molar-refractivity contribution in [3.8, 4) is 0 Å². The molecule has 1 aliphatic rings. The fraction of sp³-hybridized carbons (Fsp3) is 0.500. The zero-order valence-electron chi connectivity index (χ0n) is 15.4. The second-order valence-corrected chi connectivity index (χ2v) is 7.74. The molecule has 3 rings (SSSR count). The highest BCUT2D eigenvalue weighted by atomic mass is 16.5. The van der Waals surface area contributed by atoms with E-state index in [0.717, 1.165) is 19.1 Å². The molecule has 0 unspecified atom stereocenters. The Morgan fingerprint density at radius 2 is 1.92 bits per heavy atom. The number of fused-ring (bicyclic) bond motifs is 1. The van der Waals surface area contributed by atoms with E-state index >= 15 is 0 Å². The third-order valence-electron chi connectivity index (χ3n) is 5.66. The molecule has 1 saturated carbocycles. The number of ether oxygens (including phenoxy) is 2. The van der Waals surface area contributed by atoms with Gasteiger partial charge in [0.2, 0.25) is 0 Å². The minimum absolute atomic E-state index is 0.0453. The number of aldehydes is 1. The highest BCUT2D eigenvalue weighted by Gasteiger charge is 2.44. The van der Waals surface area contributed by atoms with E-state index in [1.807, 2.05) is 0 Å². The lowest BCUT2D eigenvalue weighted by Crippen LogP contribution is -2.48. The van der Waals surface area contributed by atoms with Crippen LogP contribution in [-0.4, -0.2) is 25.6 Å². The van der Waals surface area contributed by atoms with E-state index in [1.165, 1.54) is 16.3 Å². The van der Waals surface area contributed by atoms with E-state index < -0.39 is 0 Å². The van der Waals surface area contributed by atoms with Crippen molar-refractivity contribution in [1.82, 2.24) is 0 Å². The van der Waals surface area contributed by atoms with Gasteiger partial charge in [0.05, 0.1) is 18.8 Å². The predicted molar refractivity (Wildman–Crippen MR) is 101 cm³/mol. The van der Waals surface area contributed by atoms with Crippen LogP contribution in [0, 0.1) is 11.3 Å². The molecule has 1 fully saturated rings. The molecule has 0 heterocycles. The maximum absolute atomic E-state index is 11.2. The highest BCUT2D eigenvalue weighted by Crippen LogP contribution is 2.43. The Kier molecular flexibility index (Phi) is 5.55. The number of benzene rings is 2. The molecule has 0 N–H and O–H groups in total. The van der Waals surface area contributed by atoms with Crippen LogP contribution in [0.2, 0.25) is 0 Å². The van der Waals surface area contributed by atoms with Gasteiger partial charge in [-0.15, -0.1) is 0 Å². The molecule has 3 atom stereocenters. The van der Waals surface area contributed by atoms with Crippen molar-refractivity contribution in [2.24, 2.45) is 11.3 Å². The van der Waals surface area contributed by atoms with Crippen molar-refractivity contribution < 1.29 is 14.3 Å². The first-order valence-corrected chi connectivity index (χ1v) is 9.11. The largest absolute Gasteiger partial charge is 0.380 e. The van der Waals surface area contributed by atoms with Crippen molar-refractivity contribution in [3.05, 3.63) is 48.0 Å². The van der Waals surface area contributed by atoms with Gasteiger partial charge < -0.3 is 14.3 Å². The van der Waals surface area contributed by atoms with E-state index in [-0.39, 0.29) is 23.5 Å². The number of rotatable bonds is 6. The SMILES string of the molecule is CO[C@@H]1[C@H](CC=O)[C@H](OCc2cccc3ccccc23)CCC1(C)C. The number of hydrogen-bond acceptors (Lipinski definition) is 3. The maximum Gasteiger partial charge on any atom is 0.120 e. The van der Waals surface area contributed by atoms with Crippen LogP contribution in [0.15, 0.2) is 42.5 Å². The molecule has 1 aliphatic carbocycles. The molecular formula is C22H28O3. The number of carbonyl (C=O) groups is 1. The maximum atomic E-state index is 11.2. The monoisotopic (exact) mass is 340 g/mol. The summed E-state index contributed by atoms with van der Waals surface area (Å²) in [7, 11) is 1.75. The summed E-state index contributed by atoms with van der Waals surface area (Å²) >= 11 is 0. The van der Waals surface area contributed by atoms with Crippen molar-refractivity contribution >= 4 is 17.1 Å². The molecule has 0 saturated heterocycles. The Labute approximate surface area is 150 Å². The van der Waals surface area contributed by atoms with Crippen molar-refractivity contribution in [1.29, 1.82) is 0 Å². The third-order valence-corrected chi connectivity index (χ3v) is 5.66. The second-order valence-electron chi connectivity index (χ2n) is 7.74. The third kappa shape index (κ3) is 3.78. The number of carbonyl (C=O) groups excluding carboxylic acids is 1. The van der Waals surface area contributed by atoms with Crippen LogP contribution in [0.1, 0.15) is 38.7 Å². The second kappa shape index (κ2) is 7.67. The van der Waals surface area contributed by atoms with Gasteiger partial charge in [-0.25, -0.2) is 0 Å². The molecule has 3 nitrogen and oxygen atoms in total. The summed E-state index contributed by atoms with van der Waals surface area (Å²) in [5, 5.41) is 2.46. The van der Waals surface area contributed by atoms with Gasteiger partial charge in [-0.05, 0) is 34.6 Å². The summed E-state index contributed by atoms with van der Waals surface area (Å²) in [5.41, 5.74) is 1.27. The zero-order valence-corrected chi connectivity index (χ0v) is 15.4. The van der Waals surface area contributed by atoms with Gasteiger partial charge in [0.25, 0.3) is 0 Å². The van der Waals surface area contributed by atoms with Crippen LogP contribution in [0.5, 0.6) is 0 Å². The van der Waals surface area contributed by atoms with E-state index in [9.17, 15) is 4.79 Å². The lowest BCUT2D eigenvalue weighted by molar-refractivity contribution is -0.141. The Morgan fingerprint density at radius 1 is 1.16 bits per heavy atom. The summed E-state index contributed by atoms with van der Waals surface area (Å²) in [6.07, 6.45) is 3.61. The molecule has 3 heteroatoms. The van der Waals surface area contributed by atoms with Crippen LogP contribution in [0.25, 0.3) is 10.8 Å². The van der Waals surface area contributed by atoms with Crippen molar-refractivity contribution in [2.45, 2.75) is 51.9 Å². The quantitative estimate of drug-likeness (QED) is 0.711. The average molecular weight is 340 g/mol. The van der Waals surface area contributed by atoms with E-state index in [2.05, 4.69) is 56.3 Å². The summed E-state index contributed by atoms with van der Waals surface area (Å²) < 4.78 is 12.1. The Bertz CT molecular complexity index is 717. The summed E-state index contributed by atoms with van der Waals surface area (Å²) in [4.78, 5) is 11.2. The first kappa shape index (κ1) is 18.1. The Hall–Kier alpha value is -1.71. The first-order valence-electron chi connectivity index (χ1n) is 9.11. The minimum atomic E-state index is 0.0453. The first-order chi connectivity index (χ1) is 12.1. The van der Waals surface area contributed by atoms with E-state index in [1.54, 1.807) is 7.11 Å². The van der Waals surface area contributed by atoms with Crippen molar-refractivity contribution in [3.63, 3.8) is 0 Å². The molecule has 25 heavy (non-hydrogen) atoms. The summed E-state index contributed by atoms with van der Waals surface area (Å²) in [5.74, 6) is 0.112. The average Bonchev–Trinajstić information content (AvgIpc) is 2.61. The molecule has 0 bridgehead atoms. The molecule has 134 valence electrons. The van der Waals surface area contributed by atoms with Crippen LogP contribution in [0.3, 0.4) is 0 Å².